The van der Waals surface area contributed by atoms with Gasteiger partial charge in [-0.2, -0.15) is 0 Å². The standard InChI is InChI=1S/C19H26N2O5/c22-17(9-6-14-4-2-1-3-5-14)20-10-12-21(13-11-20)18(23)15-7-8-16(26-15)19(24)25/h7-8,14H,1-6,9-13H2,(H,24,25). The molecule has 2 fully saturated rings. The van der Waals surface area contributed by atoms with Gasteiger partial charge in [0.15, 0.2) is 5.76 Å². The fourth-order valence-corrected chi connectivity index (χ4v) is 3.84. The normalized spacial score (nSPS) is 18.8. The zero-order chi connectivity index (χ0) is 18.5. The predicted molar refractivity (Wildman–Crippen MR) is 94.0 cm³/mol. The smallest absolute Gasteiger partial charge is 0.371 e. The second kappa shape index (κ2) is 8.38. The highest BCUT2D eigenvalue weighted by Crippen LogP contribution is 2.27. The maximum atomic E-state index is 12.4. The number of carboxylic acids is 1. The van der Waals surface area contributed by atoms with Crippen molar-refractivity contribution in [3.05, 3.63) is 23.7 Å². The number of aromatic carboxylic acids is 1. The number of amides is 2. The molecule has 2 aliphatic rings. The van der Waals surface area contributed by atoms with Gasteiger partial charge >= 0.3 is 5.97 Å². The van der Waals surface area contributed by atoms with Crippen LogP contribution >= 0.6 is 0 Å². The van der Waals surface area contributed by atoms with Gasteiger partial charge in [-0.25, -0.2) is 4.79 Å². The molecule has 2 heterocycles. The van der Waals surface area contributed by atoms with E-state index in [1.54, 1.807) is 4.90 Å². The van der Waals surface area contributed by atoms with Crippen LogP contribution < -0.4 is 0 Å². The Labute approximate surface area is 152 Å². The van der Waals surface area contributed by atoms with Gasteiger partial charge in [0.1, 0.15) is 0 Å². The van der Waals surface area contributed by atoms with Crippen LogP contribution in [-0.2, 0) is 4.79 Å². The number of hydrogen-bond acceptors (Lipinski definition) is 4. The Morgan fingerprint density at radius 3 is 2.19 bits per heavy atom. The molecule has 7 heteroatoms. The van der Waals surface area contributed by atoms with Gasteiger partial charge < -0.3 is 19.3 Å². The fraction of sp³-hybridized carbons (Fsp3) is 0.632. The van der Waals surface area contributed by atoms with Crippen LogP contribution in [0.15, 0.2) is 16.5 Å². The average molecular weight is 362 g/mol. The van der Waals surface area contributed by atoms with Crippen molar-refractivity contribution in [2.75, 3.05) is 26.2 Å². The van der Waals surface area contributed by atoms with Crippen molar-refractivity contribution in [2.45, 2.75) is 44.9 Å². The molecule has 0 bridgehead atoms. The molecule has 1 aliphatic heterocycles. The summed E-state index contributed by atoms with van der Waals surface area (Å²) in [5.41, 5.74) is 0. The third-order valence-corrected chi connectivity index (χ3v) is 5.44. The Balaban J connectivity index is 1.44. The number of nitrogens with zero attached hydrogens (tertiary/aromatic N) is 2. The van der Waals surface area contributed by atoms with Crippen molar-refractivity contribution in [2.24, 2.45) is 5.92 Å². The fourth-order valence-electron chi connectivity index (χ4n) is 3.84. The molecule has 142 valence electrons. The molecule has 1 N–H and O–H groups in total. The Hall–Kier alpha value is -2.31. The summed E-state index contributed by atoms with van der Waals surface area (Å²) in [6.07, 6.45) is 7.96. The molecular formula is C19H26N2O5. The minimum Gasteiger partial charge on any atom is -0.475 e. The quantitative estimate of drug-likeness (QED) is 0.869. The minimum atomic E-state index is -1.20. The van der Waals surface area contributed by atoms with E-state index in [0.717, 1.165) is 6.42 Å². The van der Waals surface area contributed by atoms with Crippen molar-refractivity contribution in [3.63, 3.8) is 0 Å². The van der Waals surface area contributed by atoms with E-state index < -0.39 is 5.97 Å². The third kappa shape index (κ3) is 4.45. The van der Waals surface area contributed by atoms with Crippen molar-refractivity contribution in [1.29, 1.82) is 0 Å². The third-order valence-electron chi connectivity index (χ3n) is 5.44. The topological polar surface area (TPSA) is 91.1 Å². The number of carbonyl (C=O) groups is 3. The van der Waals surface area contributed by atoms with Crippen molar-refractivity contribution >= 4 is 17.8 Å². The highest BCUT2D eigenvalue weighted by atomic mass is 16.4. The molecule has 0 unspecified atom stereocenters. The van der Waals surface area contributed by atoms with Gasteiger partial charge in [0.05, 0.1) is 0 Å². The first-order chi connectivity index (χ1) is 12.5. The number of carboxylic acid groups (broad SMARTS) is 1. The van der Waals surface area contributed by atoms with Gasteiger partial charge in [0, 0.05) is 32.6 Å². The maximum Gasteiger partial charge on any atom is 0.371 e. The lowest BCUT2D eigenvalue weighted by Crippen LogP contribution is -2.50. The van der Waals surface area contributed by atoms with Crippen molar-refractivity contribution in [1.82, 2.24) is 9.80 Å². The molecule has 7 nitrogen and oxygen atoms in total. The molecule has 1 aliphatic carbocycles. The van der Waals surface area contributed by atoms with E-state index in [9.17, 15) is 14.4 Å². The van der Waals surface area contributed by atoms with Gasteiger partial charge in [0.25, 0.3) is 5.91 Å². The summed E-state index contributed by atoms with van der Waals surface area (Å²) in [6.45, 7) is 1.91. The summed E-state index contributed by atoms with van der Waals surface area (Å²) in [7, 11) is 0. The minimum absolute atomic E-state index is 0.0273. The van der Waals surface area contributed by atoms with E-state index in [0.29, 0.717) is 38.5 Å². The highest BCUT2D eigenvalue weighted by Gasteiger charge is 2.27. The van der Waals surface area contributed by atoms with Crippen LogP contribution in [0, 0.1) is 5.92 Å². The number of piperazine rings is 1. The summed E-state index contributed by atoms with van der Waals surface area (Å²) < 4.78 is 5.07. The molecular weight excluding hydrogens is 336 g/mol. The number of carbonyl (C=O) groups excluding carboxylic acids is 2. The van der Waals surface area contributed by atoms with E-state index in [1.807, 2.05) is 4.90 Å². The molecule has 0 spiro atoms. The van der Waals surface area contributed by atoms with Crippen LogP contribution in [0.1, 0.15) is 66.1 Å². The Bertz CT molecular complexity index is 655. The number of hydrogen-bond donors (Lipinski definition) is 1. The lowest BCUT2D eigenvalue weighted by Gasteiger charge is -2.34. The van der Waals surface area contributed by atoms with Crippen LogP contribution in [0.25, 0.3) is 0 Å². The van der Waals surface area contributed by atoms with Crippen LogP contribution in [-0.4, -0.2) is 58.9 Å². The van der Waals surface area contributed by atoms with E-state index >= 15 is 0 Å². The highest BCUT2D eigenvalue weighted by molar-refractivity contribution is 5.93. The lowest BCUT2D eigenvalue weighted by atomic mass is 9.86. The summed E-state index contributed by atoms with van der Waals surface area (Å²) >= 11 is 0. The second-order valence-electron chi connectivity index (χ2n) is 7.18. The molecule has 2 amide bonds. The van der Waals surface area contributed by atoms with Crippen LogP contribution in [0.4, 0.5) is 0 Å². The Kier molecular flexibility index (Phi) is 5.96. The molecule has 0 atom stereocenters. The molecule has 1 aromatic heterocycles. The van der Waals surface area contributed by atoms with E-state index in [4.69, 9.17) is 9.52 Å². The first kappa shape index (κ1) is 18.5. The van der Waals surface area contributed by atoms with Gasteiger partial charge in [0.2, 0.25) is 11.7 Å². The molecule has 1 aromatic rings. The Morgan fingerprint density at radius 1 is 0.962 bits per heavy atom. The zero-order valence-electron chi connectivity index (χ0n) is 15.0. The molecule has 0 radical (unpaired) electrons. The summed E-state index contributed by atoms with van der Waals surface area (Å²) in [5.74, 6) is -0.875. The first-order valence-corrected chi connectivity index (χ1v) is 9.45. The molecule has 1 saturated heterocycles. The van der Waals surface area contributed by atoms with Crippen LogP contribution in [0.2, 0.25) is 0 Å². The molecule has 0 aromatic carbocycles. The Morgan fingerprint density at radius 2 is 1.58 bits per heavy atom. The lowest BCUT2D eigenvalue weighted by molar-refractivity contribution is -0.133. The van der Waals surface area contributed by atoms with Gasteiger partial charge in [-0.3, -0.25) is 9.59 Å². The number of rotatable bonds is 5. The summed E-state index contributed by atoms with van der Waals surface area (Å²) in [4.78, 5) is 39.1. The second-order valence-corrected chi connectivity index (χ2v) is 7.18. The largest absolute Gasteiger partial charge is 0.475 e. The van der Waals surface area contributed by atoms with Crippen LogP contribution in [0.3, 0.4) is 0 Å². The van der Waals surface area contributed by atoms with Gasteiger partial charge in [-0.1, -0.05) is 32.1 Å². The zero-order valence-corrected chi connectivity index (χ0v) is 15.0. The predicted octanol–water partition coefficient (Wildman–Crippen LogP) is 2.62. The average Bonchev–Trinajstić information content (AvgIpc) is 3.17. The maximum absolute atomic E-state index is 12.4. The SMILES string of the molecule is O=C(O)c1ccc(C(=O)N2CCN(C(=O)CCC3CCCCC3)CC2)o1. The van der Waals surface area contributed by atoms with Gasteiger partial charge in [-0.05, 0) is 24.5 Å². The number of furan rings is 1. The summed E-state index contributed by atoms with van der Waals surface area (Å²) in [5, 5.41) is 8.87. The first-order valence-electron chi connectivity index (χ1n) is 9.45. The summed E-state index contributed by atoms with van der Waals surface area (Å²) in [6, 6.07) is 2.66. The van der Waals surface area contributed by atoms with E-state index in [1.165, 1.54) is 44.2 Å². The van der Waals surface area contributed by atoms with Crippen molar-refractivity contribution < 1.29 is 23.9 Å². The molecule has 26 heavy (non-hydrogen) atoms. The van der Waals surface area contributed by atoms with Gasteiger partial charge in [-0.15, -0.1) is 0 Å². The van der Waals surface area contributed by atoms with E-state index in [-0.39, 0.29) is 23.3 Å². The molecule has 1 saturated carbocycles. The van der Waals surface area contributed by atoms with E-state index in [2.05, 4.69) is 0 Å². The van der Waals surface area contributed by atoms with Crippen LogP contribution in [0.5, 0.6) is 0 Å². The van der Waals surface area contributed by atoms with Crippen molar-refractivity contribution in [3.8, 4) is 0 Å². The monoisotopic (exact) mass is 362 g/mol. The molecule has 3 rings (SSSR count).